The van der Waals surface area contributed by atoms with Crippen LogP contribution in [-0.2, 0) is 28.6 Å². The number of rotatable bonds is 2. The molecule has 2 saturated heterocycles. The van der Waals surface area contributed by atoms with Gasteiger partial charge in [0.05, 0.1) is 12.5 Å². The Labute approximate surface area is 182 Å². The van der Waals surface area contributed by atoms with Gasteiger partial charge in [0.1, 0.15) is 18.8 Å². The zero-order chi connectivity index (χ0) is 23.1. The van der Waals surface area contributed by atoms with Gasteiger partial charge in [0.2, 0.25) is 5.60 Å². The van der Waals surface area contributed by atoms with E-state index >= 15 is 0 Å². The summed E-state index contributed by atoms with van der Waals surface area (Å²) in [6.07, 6.45) is 0.0491. The van der Waals surface area contributed by atoms with Gasteiger partial charge < -0.3 is 24.4 Å². The average Bonchev–Trinajstić information content (AvgIpc) is 3.27. The van der Waals surface area contributed by atoms with E-state index in [4.69, 9.17) is 14.2 Å². The largest absolute Gasteiger partial charge is 0.459 e. The number of hydrogen-bond donors (Lipinski definition) is 2. The van der Waals surface area contributed by atoms with E-state index in [0.717, 1.165) is 5.57 Å². The molecule has 2 N–H and O–H groups in total. The zero-order valence-electron chi connectivity index (χ0n) is 18.8. The quantitative estimate of drug-likeness (QED) is 0.361. The minimum Gasteiger partial charge on any atom is -0.459 e. The summed E-state index contributed by atoms with van der Waals surface area (Å²) in [7, 11) is 0. The molecule has 3 heterocycles. The van der Waals surface area contributed by atoms with Crippen LogP contribution in [0.15, 0.2) is 11.6 Å². The van der Waals surface area contributed by atoms with Gasteiger partial charge in [-0.3, -0.25) is 9.69 Å². The Morgan fingerprint density at radius 1 is 1.06 bits per heavy atom. The minimum atomic E-state index is -2.09. The first-order chi connectivity index (χ1) is 14.4. The van der Waals surface area contributed by atoms with Crippen LogP contribution in [0.4, 0.5) is 0 Å². The van der Waals surface area contributed by atoms with Crippen LogP contribution in [-0.4, -0.2) is 82.2 Å². The van der Waals surface area contributed by atoms with Crippen LogP contribution in [0.1, 0.15) is 47.5 Å². The van der Waals surface area contributed by atoms with Gasteiger partial charge in [-0.2, -0.15) is 0 Å². The molecule has 0 aromatic carbocycles. The van der Waals surface area contributed by atoms with Crippen molar-refractivity contribution in [3.63, 3.8) is 0 Å². The molecular formula is C22H33NO8. The maximum atomic E-state index is 13.0. The number of aliphatic hydroxyl groups is 2. The summed E-state index contributed by atoms with van der Waals surface area (Å²) < 4.78 is 16.4. The lowest BCUT2D eigenvalue weighted by atomic mass is 9.84. The second-order valence-corrected chi connectivity index (χ2v) is 9.40. The number of nitrogens with zero attached hydrogens (tertiary/aromatic N) is 1. The molecule has 3 aliphatic rings. The summed E-state index contributed by atoms with van der Waals surface area (Å²) in [6.45, 7) is 9.12. The predicted molar refractivity (Wildman–Crippen MR) is 109 cm³/mol. The summed E-state index contributed by atoms with van der Waals surface area (Å²) in [4.78, 5) is 40.6. The third-order valence-corrected chi connectivity index (χ3v) is 6.90. The van der Waals surface area contributed by atoms with E-state index in [1.807, 2.05) is 6.08 Å². The Morgan fingerprint density at radius 3 is 2.35 bits per heavy atom. The van der Waals surface area contributed by atoms with Gasteiger partial charge in [-0.05, 0) is 30.8 Å². The van der Waals surface area contributed by atoms with Crippen molar-refractivity contribution in [2.24, 2.45) is 11.8 Å². The highest BCUT2D eigenvalue weighted by Gasteiger charge is 2.52. The molecule has 9 heteroatoms. The van der Waals surface area contributed by atoms with Crippen LogP contribution in [0.2, 0.25) is 0 Å². The van der Waals surface area contributed by atoms with Gasteiger partial charge >= 0.3 is 17.9 Å². The molecule has 0 saturated carbocycles. The van der Waals surface area contributed by atoms with E-state index in [0.29, 0.717) is 19.5 Å². The minimum absolute atomic E-state index is 0.0712. The third-order valence-electron chi connectivity index (χ3n) is 6.90. The van der Waals surface area contributed by atoms with Crippen molar-refractivity contribution in [1.82, 2.24) is 4.90 Å². The molecule has 5 atom stereocenters. The first-order valence-corrected chi connectivity index (χ1v) is 10.9. The Balaban J connectivity index is 1.98. The fourth-order valence-electron chi connectivity index (χ4n) is 4.56. The molecule has 0 spiro atoms. The zero-order valence-corrected chi connectivity index (χ0v) is 18.8. The maximum absolute atomic E-state index is 13.0. The number of esters is 3. The van der Waals surface area contributed by atoms with E-state index in [2.05, 4.69) is 4.90 Å². The van der Waals surface area contributed by atoms with E-state index < -0.39 is 59.6 Å². The molecule has 174 valence electrons. The lowest BCUT2D eigenvalue weighted by molar-refractivity contribution is -0.199. The topological polar surface area (TPSA) is 123 Å². The molecule has 3 aliphatic heterocycles. The molecule has 2 fully saturated rings. The van der Waals surface area contributed by atoms with Crippen LogP contribution in [0.5, 0.6) is 0 Å². The molecule has 9 nitrogen and oxygen atoms in total. The van der Waals surface area contributed by atoms with E-state index in [9.17, 15) is 24.6 Å². The fraction of sp³-hybridized carbons (Fsp3) is 0.773. The van der Waals surface area contributed by atoms with Gasteiger partial charge in [0.15, 0.2) is 5.60 Å². The second-order valence-electron chi connectivity index (χ2n) is 9.40. The van der Waals surface area contributed by atoms with Crippen molar-refractivity contribution in [2.75, 3.05) is 19.7 Å². The highest BCUT2D eigenvalue weighted by atomic mass is 16.6. The Hall–Kier alpha value is -1.97. The second kappa shape index (κ2) is 8.52. The highest BCUT2D eigenvalue weighted by molar-refractivity contribution is 5.87. The van der Waals surface area contributed by atoms with Gasteiger partial charge in [-0.25, -0.2) is 9.59 Å². The fourth-order valence-corrected chi connectivity index (χ4v) is 4.56. The van der Waals surface area contributed by atoms with Crippen molar-refractivity contribution >= 4 is 17.9 Å². The van der Waals surface area contributed by atoms with Crippen LogP contribution in [0, 0.1) is 11.8 Å². The molecule has 0 aromatic heterocycles. The van der Waals surface area contributed by atoms with Gasteiger partial charge in [-0.15, -0.1) is 0 Å². The predicted octanol–water partition coefficient (Wildman–Crippen LogP) is 0.565. The first kappa shape index (κ1) is 23.7. The number of hydrogen-bond acceptors (Lipinski definition) is 9. The Morgan fingerprint density at radius 2 is 1.74 bits per heavy atom. The molecule has 0 aromatic rings. The summed E-state index contributed by atoms with van der Waals surface area (Å²) in [5.41, 5.74) is -3.39. The average molecular weight is 440 g/mol. The highest BCUT2D eigenvalue weighted by Crippen LogP contribution is 2.35. The molecular weight excluding hydrogens is 406 g/mol. The number of ether oxygens (including phenoxy) is 3. The SMILES string of the molecule is CC(C)[C@@]1(O)CC(=O)O[C@H](C)[C@@](O)(C(C)C)C(=O)OCC2=CCN3CC[C@@H](OC1=O)[C@@H]23. The van der Waals surface area contributed by atoms with Crippen molar-refractivity contribution in [1.29, 1.82) is 0 Å². The van der Waals surface area contributed by atoms with E-state index in [1.54, 1.807) is 27.7 Å². The summed E-state index contributed by atoms with van der Waals surface area (Å²) in [6, 6.07) is -0.271. The number of carbonyl (C=O) groups excluding carboxylic acids is 3. The molecule has 0 unspecified atom stereocenters. The Bertz CT molecular complexity index is 777. The monoisotopic (exact) mass is 439 g/mol. The van der Waals surface area contributed by atoms with Crippen molar-refractivity contribution in [2.45, 2.75) is 76.9 Å². The van der Waals surface area contributed by atoms with Crippen LogP contribution in [0.25, 0.3) is 0 Å². The summed E-state index contributed by atoms with van der Waals surface area (Å²) in [5.74, 6) is -3.92. The molecule has 0 aliphatic carbocycles. The summed E-state index contributed by atoms with van der Waals surface area (Å²) >= 11 is 0. The lowest BCUT2D eigenvalue weighted by Gasteiger charge is -2.37. The van der Waals surface area contributed by atoms with E-state index in [-0.39, 0.29) is 12.6 Å². The van der Waals surface area contributed by atoms with Crippen LogP contribution >= 0.6 is 0 Å². The first-order valence-electron chi connectivity index (χ1n) is 10.9. The van der Waals surface area contributed by atoms with Crippen molar-refractivity contribution < 1.29 is 38.8 Å². The molecule has 31 heavy (non-hydrogen) atoms. The molecule has 0 amide bonds. The third kappa shape index (κ3) is 4.10. The normalized spacial score (nSPS) is 37.8. The molecule has 0 radical (unpaired) electrons. The van der Waals surface area contributed by atoms with Gasteiger partial charge in [-0.1, -0.05) is 33.8 Å². The van der Waals surface area contributed by atoms with Gasteiger partial charge in [0.25, 0.3) is 0 Å². The van der Waals surface area contributed by atoms with Crippen molar-refractivity contribution in [3.8, 4) is 0 Å². The smallest absolute Gasteiger partial charge is 0.342 e. The summed E-state index contributed by atoms with van der Waals surface area (Å²) in [5, 5.41) is 22.2. The van der Waals surface area contributed by atoms with Gasteiger partial charge in [0, 0.05) is 13.1 Å². The van der Waals surface area contributed by atoms with Crippen LogP contribution < -0.4 is 0 Å². The standard InChI is InChI=1S/C22H33NO8/c1-12(2)21(27)10-17(24)30-14(5)22(28,13(3)4)20(26)29-11-15-6-8-23-9-7-16(18(15)23)31-19(21)25/h6,12-14,16,18,27-28H,7-11H2,1-5H3/t14-,16-,18-,21+,22+/m1/s1. The van der Waals surface area contributed by atoms with E-state index in [1.165, 1.54) is 6.92 Å². The molecule has 3 rings (SSSR count). The van der Waals surface area contributed by atoms with Crippen molar-refractivity contribution in [3.05, 3.63) is 11.6 Å². The lowest BCUT2D eigenvalue weighted by Crippen LogP contribution is -2.56. The van der Waals surface area contributed by atoms with Crippen LogP contribution in [0.3, 0.4) is 0 Å². The molecule has 0 bridgehead atoms. The Kier molecular flexibility index (Phi) is 6.51. The maximum Gasteiger partial charge on any atom is 0.342 e. The number of carbonyl (C=O) groups is 3. The number of cyclic esters (lactones) is 2.